The number of thiocarbonyl (C=S) groups is 1. The second-order valence-corrected chi connectivity index (χ2v) is 3.72. The van der Waals surface area contributed by atoms with E-state index in [-0.39, 0.29) is 12.8 Å². The van der Waals surface area contributed by atoms with Crippen LogP contribution in [0.3, 0.4) is 0 Å². The van der Waals surface area contributed by atoms with Crippen molar-refractivity contribution in [2.75, 3.05) is 6.54 Å². The van der Waals surface area contributed by atoms with Gasteiger partial charge in [-0.15, -0.1) is 0 Å². The Morgan fingerprint density at radius 1 is 1.33 bits per heavy atom. The lowest BCUT2D eigenvalue weighted by Crippen LogP contribution is -2.48. The number of nitrogens with one attached hydrogen (secondary N) is 1. The fraction of sp³-hybridized carbons (Fsp3) is 0.750. The molecule has 0 aliphatic carbocycles. The fourth-order valence-electron chi connectivity index (χ4n) is 0.879. The third kappa shape index (κ3) is 5.14. The fourth-order valence-corrected chi connectivity index (χ4v) is 0.963. The first kappa shape index (κ1) is 14.4. The summed E-state index contributed by atoms with van der Waals surface area (Å²) in [5, 5.41) is 39.3. The Hall–Kier alpha value is -0.600. The van der Waals surface area contributed by atoms with Crippen molar-refractivity contribution >= 4 is 23.5 Å². The summed E-state index contributed by atoms with van der Waals surface area (Å²) in [4.78, 5) is 10.5. The van der Waals surface area contributed by atoms with Crippen molar-refractivity contribution in [1.82, 2.24) is 5.32 Å². The van der Waals surface area contributed by atoms with Crippen LogP contribution in [0.15, 0.2) is 0 Å². The molecule has 0 radical (unpaired) electrons. The zero-order valence-corrected chi connectivity index (χ0v) is 9.02. The highest BCUT2D eigenvalue weighted by Gasteiger charge is 2.29. The average Bonchev–Trinajstić information content (AvgIpc) is 2.22. The third-order valence-corrected chi connectivity index (χ3v) is 1.94. The van der Waals surface area contributed by atoms with E-state index in [1.165, 1.54) is 0 Å². The van der Waals surface area contributed by atoms with Gasteiger partial charge in [0.05, 0.1) is 11.1 Å². The summed E-state index contributed by atoms with van der Waals surface area (Å²) < 4.78 is 0. The molecule has 4 atom stereocenters. The number of hydrogen-bond donors (Lipinski definition) is 5. The van der Waals surface area contributed by atoms with E-state index >= 15 is 0 Å². The molecule has 0 spiro atoms. The van der Waals surface area contributed by atoms with Gasteiger partial charge < -0.3 is 30.5 Å². The lowest BCUT2D eigenvalue weighted by atomic mass is 10.0. The molecule has 0 amide bonds. The molecule has 7 heteroatoms. The quantitative estimate of drug-likeness (QED) is 0.258. The van der Waals surface area contributed by atoms with Gasteiger partial charge in [0.25, 0.3) is 0 Å². The van der Waals surface area contributed by atoms with E-state index in [1.807, 2.05) is 0 Å². The highest BCUT2D eigenvalue weighted by atomic mass is 32.1. The maximum atomic E-state index is 10.1. The van der Waals surface area contributed by atoms with Crippen LogP contribution >= 0.6 is 12.2 Å². The summed E-state index contributed by atoms with van der Waals surface area (Å²) >= 11 is 4.67. The van der Waals surface area contributed by atoms with Crippen LogP contribution in [-0.4, -0.2) is 62.7 Å². The van der Waals surface area contributed by atoms with Crippen LogP contribution < -0.4 is 5.32 Å². The van der Waals surface area contributed by atoms with E-state index in [4.69, 9.17) is 10.2 Å². The van der Waals surface area contributed by atoms with Crippen molar-refractivity contribution in [3.8, 4) is 0 Å². The predicted octanol–water partition coefficient (Wildman–Crippen LogP) is -2.43. The monoisotopic (exact) mass is 237 g/mol. The third-order valence-electron chi connectivity index (χ3n) is 1.79. The molecule has 5 N–H and O–H groups in total. The Morgan fingerprint density at radius 2 is 1.87 bits per heavy atom. The largest absolute Gasteiger partial charge is 0.388 e. The Balaban J connectivity index is 4.11. The van der Waals surface area contributed by atoms with Crippen LogP contribution in [0.5, 0.6) is 0 Å². The molecule has 0 fully saturated rings. The van der Waals surface area contributed by atoms with Gasteiger partial charge in [-0.05, 0) is 6.92 Å². The SMILES string of the molecule is CC(=S)NC[C@@H](O)[C@H](O)[C@H](O)[C@@H](O)C=O. The summed E-state index contributed by atoms with van der Waals surface area (Å²) in [7, 11) is 0. The molecule has 0 aliphatic heterocycles. The van der Waals surface area contributed by atoms with Gasteiger partial charge in [0.15, 0.2) is 6.29 Å². The van der Waals surface area contributed by atoms with Gasteiger partial charge in [0, 0.05) is 6.54 Å². The van der Waals surface area contributed by atoms with Crippen LogP contribution in [0.4, 0.5) is 0 Å². The van der Waals surface area contributed by atoms with Gasteiger partial charge in [-0.3, -0.25) is 0 Å². The van der Waals surface area contributed by atoms with Crippen LogP contribution in [0.2, 0.25) is 0 Å². The lowest BCUT2D eigenvalue weighted by Gasteiger charge is -2.24. The highest BCUT2D eigenvalue weighted by molar-refractivity contribution is 7.80. The van der Waals surface area contributed by atoms with Gasteiger partial charge in [0.1, 0.15) is 18.3 Å². The maximum Gasteiger partial charge on any atom is 0.151 e. The van der Waals surface area contributed by atoms with Crippen molar-refractivity contribution < 1.29 is 25.2 Å². The van der Waals surface area contributed by atoms with Gasteiger partial charge in [-0.2, -0.15) is 0 Å². The van der Waals surface area contributed by atoms with E-state index in [2.05, 4.69) is 17.5 Å². The van der Waals surface area contributed by atoms with Crippen LogP contribution in [0.25, 0.3) is 0 Å². The molecule has 6 nitrogen and oxygen atoms in total. The smallest absolute Gasteiger partial charge is 0.151 e. The lowest BCUT2D eigenvalue weighted by molar-refractivity contribution is -0.133. The Morgan fingerprint density at radius 3 is 2.27 bits per heavy atom. The van der Waals surface area contributed by atoms with Gasteiger partial charge >= 0.3 is 0 Å². The van der Waals surface area contributed by atoms with E-state index in [1.54, 1.807) is 6.92 Å². The molecule has 0 saturated heterocycles. The van der Waals surface area contributed by atoms with E-state index in [0.717, 1.165) is 0 Å². The Labute approximate surface area is 92.5 Å². The van der Waals surface area contributed by atoms with Crippen molar-refractivity contribution in [3.63, 3.8) is 0 Å². The molecule has 0 unspecified atom stereocenters. The normalized spacial score (nSPS) is 18.7. The van der Waals surface area contributed by atoms with Crippen LogP contribution in [0, 0.1) is 0 Å². The number of aliphatic hydroxyl groups is 4. The van der Waals surface area contributed by atoms with Crippen molar-refractivity contribution in [1.29, 1.82) is 0 Å². The molecule has 0 rings (SSSR count). The number of rotatable bonds is 6. The summed E-state index contributed by atoms with van der Waals surface area (Å²) in [6.45, 7) is 1.52. The molecule has 0 aromatic rings. The number of carbonyl (C=O) groups is 1. The van der Waals surface area contributed by atoms with Gasteiger partial charge in [-0.1, -0.05) is 12.2 Å². The molecular formula is C8H15NO5S. The minimum Gasteiger partial charge on any atom is -0.388 e. The molecule has 0 aliphatic rings. The molecule has 0 aromatic carbocycles. The predicted molar refractivity (Wildman–Crippen MR) is 56.4 cm³/mol. The molecule has 0 bridgehead atoms. The minimum atomic E-state index is -1.72. The molecule has 0 aromatic heterocycles. The van der Waals surface area contributed by atoms with Crippen molar-refractivity contribution in [3.05, 3.63) is 0 Å². The summed E-state index contributed by atoms with van der Waals surface area (Å²) in [5.74, 6) is 0. The molecule has 15 heavy (non-hydrogen) atoms. The number of aliphatic hydroxyl groups excluding tert-OH is 4. The first-order chi connectivity index (χ1) is 6.90. The van der Waals surface area contributed by atoms with E-state index < -0.39 is 24.4 Å². The second kappa shape index (κ2) is 6.81. The molecule has 88 valence electrons. The summed E-state index contributed by atoms with van der Waals surface area (Å²) in [6, 6.07) is 0. The molecular weight excluding hydrogens is 222 g/mol. The molecule has 0 saturated carbocycles. The van der Waals surface area contributed by atoms with Crippen molar-refractivity contribution in [2.45, 2.75) is 31.3 Å². The highest BCUT2D eigenvalue weighted by Crippen LogP contribution is 2.03. The van der Waals surface area contributed by atoms with E-state index in [0.29, 0.717) is 4.99 Å². The van der Waals surface area contributed by atoms with Crippen LogP contribution in [-0.2, 0) is 4.79 Å². The standard InChI is InChI=1S/C8H15NO5S/c1-4(15)9-2-5(11)7(13)8(14)6(12)3-10/h3,5-8,11-14H,2H2,1H3,(H,9,15)/t5-,6+,7+,8-/m1/s1. The topological polar surface area (TPSA) is 110 Å². The van der Waals surface area contributed by atoms with Crippen molar-refractivity contribution in [2.24, 2.45) is 0 Å². The number of carbonyl (C=O) groups excluding carboxylic acids is 1. The maximum absolute atomic E-state index is 10.1. The van der Waals surface area contributed by atoms with Gasteiger partial charge in [0.2, 0.25) is 0 Å². The summed E-state index contributed by atoms with van der Waals surface area (Å²) in [5.41, 5.74) is 0. The first-order valence-corrected chi connectivity index (χ1v) is 4.73. The zero-order chi connectivity index (χ0) is 12.0. The number of hydrogen-bond acceptors (Lipinski definition) is 6. The minimum absolute atomic E-state index is 0.0703. The van der Waals surface area contributed by atoms with E-state index in [9.17, 15) is 15.0 Å². The Bertz CT molecular complexity index is 225. The summed E-state index contributed by atoms with van der Waals surface area (Å²) in [6.07, 6.45) is -6.30. The zero-order valence-electron chi connectivity index (χ0n) is 8.20. The first-order valence-electron chi connectivity index (χ1n) is 4.32. The van der Waals surface area contributed by atoms with Gasteiger partial charge in [-0.25, -0.2) is 0 Å². The van der Waals surface area contributed by atoms with Crippen LogP contribution in [0.1, 0.15) is 6.92 Å². The average molecular weight is 237 g/mol. The Kier molecular flexibility index (Phi) is 6.53. The number of aldehydes is 1. The molecule has 0 heterocycles. The second-order valence-electron chi connectivity index (χ2n) is 3.11.